The molecule has 0 aliphatic carbocycles. The molecule has 1 N–H and O–H groups in total. The maximum Gasteiger partial charge on any atom is 0.420 e. The molecule has 1 fully saturated rings. The van der Waals surface area contributed by atoms with E-state index >= 15 is 0 Å². The lowest BCUT2D eigenvalue weighted by Gasteiger charge is -2.36. The number of nitrogens with zero attached hydrogens (tertiary/aromatic N) is 5. The molecule has 0 spiro atoms. The molecule has 1 aliphatic rings. The van der Waals surface area contributed by atoms with E-state index in [9.17, 15) is 14.9 Å². The van der Waals surface area contributed by atoms with Crippen molar-refractivity contribution in [3.8, 4) is 22.9 Å². The molecule has 11 heteroatoms. The Labute approximate surface area is 282 Å². The third-order valence-corrected chi connectivity index (χ3v) is 7.61. The number of rotatable bonds is 7. The van der Waals surface area contributed by atoms with Crippen LogP contribution in [0.2, 0.25) is 0 Å². The molecule has 1 saturated heterocycles. The predicted molar refractivity (Wildman–Crippen MR) is 186 cm³/mol. The molecule has 0 unspecified atom stereocenters. The monoisotopic (exact) mass is 652 g/mol. The van der Waals surface area contributed by atoms with Crippen LogP contribution in [0.3, 0.4) is 0 Å². The molecule has 1 aliphatic heterocycles. The number of anilines is 3. The number of carbonyl (C=O) groups is 2. The molecule has 2 amide bonds. The van der Waals surface area contributed by atoms with Gasteiger partial charge in [0.25, 0.3) is 0 Å². The molecule has 2 aromatic carbocycles. The standard InChI is InChI=1S/C37H44N6O5/c1-8-46-28-18-16-27(17-19-28)42(35(45)48-37(5,6)7)33-31(25-13-10-9-11-14-25)32(29(23-38)30-20-21-39-43(30)33)40-26-15-12-22-41(24-26)34(44)47-36(2,3)4/h9-11,13-14,16-21,26,40H,8,12,15,22,24H2,1-7H3/t26-/m0/s1. The van der Waals surface area contributed by atoms with Gasteiger partial charge in [0, 0.05) is 24.7 Å². The lowest BCUT2D eigenvalue weighted by Crippen LogP contribution is -2.47. The molecular weight excluding hydrogens is 608 g/mol. The number of amides is 2. The number of nitriles is 1. The van der Waals surface area contributed by atoms with Crippen molar-refractivity contribution in [1.29, 1.82) is 5.26 Å². The van der Waals surface area contributed by atoms with Gasteiger partial charge in [0.15, 0.2) is 5.82 Å². The normalized spacial score (nSPS) is 15.0. The number of hydrogen-bond acceptors (Lipinski definition) is 8. The van der Waals surface area contributed by atoms with E-state index in [1.54, 1.807) is 45.9 Å². The van der Waals surface area contributed by atoms with Gasteiger partial charge in [0.05, 0.1) is 29.7 Å². The van der Waals surface area contributed by atoms with Crippen molar-refractivity contribution in [1.82, 2.24) is 14.5 Å². The summed E-state index contributed by atoms with van der Waals surface area (Å²) in [6.07, 6.45) is 2.11. The van der Waals surface area contributed by atoms with Crippen LogP contribution < -0.4 is 15.0 Å². The number of benzene rings is 2. The Kier molecular flexibility index (Phi) is 9.85. The Morgan fingerprint density at radius 3 is 2.31 bits per heavy atom. The van der Waals surface area contributed by atoms with Crippen LogP contribution in [0.25, 0.3) is 16.6 Å². The smallest absolute Gasteiger partial charge is 0.420 e. The third kappa shape index (κ3) is 7.65. The maximum absolute atomic E-state index is 14.3. The van der Waals surface area contributed by atoms with Crippen molar-refractivity contribution in [3.63, 3.8) is 0 Å². The number of pyridine rings is 1. The summed E-state index contributed by atoms with van der Waals surface area (Å²) in [5.41, 5.74) is 1.82. The summed E-state index contributed by atoms with van der Waals surface area (Å²) >= 11 is 0. The van der Waals surface area contributed by atoms with E-state index < -0.39 is 17.3 Å². The van der Waals surface area contributed by atoms with Gasteiger partial charge in [-0.25, -0.2) is 19.0 Å². The second kappa shape index (κ2) is 13.9. The average Bonchev–Trinajstić information content (AvgIpc) is 3.51. The van der Waals surface area contributed by atoms with Crippen molar-refractivity contribution in [2.45, 2.75) is 78.6 Å². The fourth-order valence-corrected chi connectivity index (χ4v) is 5.75. The minimum absolute atomic E-state index is 0.209. The van der Waals surface area contributed by atoms with Gasteiger partial charge < -0.3 is 24.4 Å². The number of likely N-dealkylation sites (tertiary alicyclic amines) is 1. The summed E-state index contributed by atoms with van der Waals surface area (Å²) in [6, 6.07) is 20.7. The van der Waals surface area contributed by atoms with Crippen molar-refractivity contribution in [3.05, 3.63) is 72.4 Å². The summed E-state index contributed by atoms with van der Waals surface area (Å²) in [7, 11) is 0. The minimum Gasteiger partial charge on any atom is -0.494 e. The highest BCUT2D eigenvalue weighted by Crippen LogP contribution is 2.45. The van der Waals surface area contributed by atoms with Gasteiger partial charge in [0.2, 0.25) is 0 Å². The zero-order chi connectivity index (χ0) is 34.6. The third-order valence-electron chi connectivity index (χ3n) is 7.61. The number of ether oxygens (including phenoxy) is 3. The fourth-order valence-electron chi connectivity index (χ4n) is 5.75. The Balaban J connectivity index is 1.74. The van der Waals surface area contributed by atoms with Crippen LogP contribution in [0.15, 0.2) is 66.9 Å². The van der Waals surface area contributed by atoms with Gasteiger partial charge in [-0.15, -0.1) is 0 Å². The van der Waals surface area contributed by atoms with Gasteiger partial charge in [-0.1, -0.05) is 30.3 Å². The number of carbonyl (C=O) groups excluding carboxylic acids is 2. The molecule has 0 saturated carbocycles. The quantitative estimate of drug-likeness (QED) is 0.212. The second-order valence-electron chi connectivity index (χ2n) is 13.7. The van der Waals surface area contributed by atoms with Crippen LogP contribution in [0.4, 0.5) is 26.8 Å². The van der Waals surface area contributed by atoms with Gasteiger partial charge >= 0.3 is 12.2 Å². The number of hydrogen-bond donors (Lipinski definition) is 1. The average molecular weight is 653 g/mol. The largest absolute Gasteiger partial charge is 0.494 e. The van der Waals surface area contributed by atoms with Crippen LogP contribution in [0.5, 0.6) is 5.75 Å². The van der Waals surface area contributed by atoms with Crippen molar-refractivity contribution in [2.75, 3.05) is 29.9 Å². The summed E-state index contributed by atoms with van der Waals surface area (Å²) in [5.74, 6) is 1.05. The fraction of sp³-hybridized carbons (Fsp3) is 0.405. The van der Waals surface area contributed by atoms with Crippen LogP contribution in [0, 0.1) is 11.3 Å². The SMILES string of the molecule is CCOc1ccc(N(C(=O)OC(C)(C)C)c2c(-c3ccccc3)c(N[C@H]3CCCN(C(=O)OC(C)(C)C)C3)c(C#N)c3ccnn23)cc1. The highest BCUT2D eigenvalue weighted by Gasteiger charge is 2.34. The molecule has 0 bridgehead atoms. The number of piperidine rings is 1. The minimum atomic E-state index is -0.808. The van der Waals surface area contributed by atoms with Gasteiger partial charge in [-0.3, -0.25) is 0 Å². The first-order valence-corrected chi connectivity index (χ1v) is 16.3. The molecule has 252 valence electrons. The zero-order valence-corrected chi connectivity index (χ0v) is 28.7. The van der Waals surface area contributed by atoms with Crippen LogP contribution in [-0.4, -0.2) is 63.6 Å². The Bertz CT molecular complexity index is 1800. The van der Waals surface area contributed by atoms with Crippen LogP contribution >= 0.6 is 0 Å². The molecule has 48 heavy (non-hydrogen) atoms. The Hall–Kier alpha value is -5.24. The molecule has 4 aromatic rings. The molecule has 3 heterocycles. The first-order chi connectivity index (χ1) is 22.8. The van der Waals surface area contributed by atoms with E-state index in [4.69, 9.17) is 14.2 Å². The highest BCUT2D eigenvalue weighted by atomic mass is 16.6. The number of aromatic nitrogens is 2. The Morgan fingerprint density at radius 2 is 1.69 bits per heavy atom. The van der Waals surface area contributed by atoms with E-state index in [1.165, 1.54) is 4.90 Å². The van der Waals surface area contributed by atoms with Gasteiger partial charge in [-0.05, 0) is 97.2 Å². The molecule has 1 atom stereocenters. The van der Waals surface area contributed by atoms with Gasteiger partial charge in [0.1, 0.15) is 28.6 Å². The lowest BCUT2D eigenvalue weighted by molar-refractivity contribution is 0.0206. The van der Waals surface area contributed by atoms with Crippen molar-refractivity contribution < 1.29 is 23.8 Å². The van der Waals surface area contributed by atoms with E-state index in [-0.39, 0.29) is 12.1 Å². The number of fused-ring (bicyclic) bond motifs is 1. The molecule has 11 nitrogen and oxygen atoms in total. The molecule has 5 rings (SSSR count). The van der Waals surface area contributed by atoms with E-state index in [0.29, 0.717) is 59.3 Å². The maximum atomic E-state index is 14.3. The zero-order valence-electron chi connectivity index (χ0n) is 28.7. The number of nitrogens with one attached hydrogen (secondary N) is 1. The molecular formula is C37H44N6O5. The summed E-state index contributed by atoms with van der Waals surface area (Å²) < 4.78 is 19.0. The molecule has 2 aromatic heterocycles. The predicted octanol–water partition coefficient (Wildman–Crippen LogP) is 8.16. The van der Waals surface area contributed by atoms with E-state index in [1.807, 2.05) is 78.8 Å². The lowest BCUT2D eigenvalue weighted by atomic mass is 9.97. The van der Waals surface area contributed by atoms with E-state index in [0.717, 1.165) is 18.4 Å². The Morgan fingerprint density at radius 1 is 1.00 bits per heavy atom. The van der Waals surface area contributed by atoms with Crippen molar-refractivity contribution in [2.24, 2.45) is 0 Å². The summed E-state index contributed by atoms with van der Waals surface area (Å²) in [4.78, 5) is 30.5. The van der Waals surface area contributed by atoms with Crippen LogP contribution in [-0.2, 0) is 9.47 Å². The van der Waals surface area contributed by atoms with Crippen molar-refractivity contribution >= 4 is 34.9 Å². The topological polar surface area (TPSA) is 121 Å². The highest BCUT2D eigenvalue weighted by molar-refractivity contribution is 6.05. The summed E-state index contributed by atoms with van der Waals surface area (Å²) in [5, 5.41) is 18.9. The van der Waals surface area contributed by atoms with Crippen LogP contribution in [0.1, 0.15) is 66.9 Å². The first-order valence-electron chi connectivity index (χ1n) is 16.3. The first kappa shape index (κ1) is 34.1. The second-order valence-corrected chi connectivity index (χ2v) is 13.7. The summed E-state index contributed by atoms with van der Waals surface area (Å²) in [6.45, 7) is 14.3. The molecule has 0 radical (unpaired) electrons. The van der Waals surface area contributed by atoms with E-state index in [2.05, 4.69) is 16.5 Å². The van der Waals surface area contributed by atoms with Gasteiger partial charge in [-0.2, -0.15) is 10.4 Å².